The van der Waals surface area contributed by atoms with Gasteiger partial charge in [0.15, 0.2) is 0 Å². The van der Waals surface area contributed by atoms with Crippen LogP contribution < -0.4 is 5.32 Å². The maximum Gasteiger partial charge on any atom is 0.305 e. The van der Waals surface area contributed by atoms with E-state index in [2.05, 4.69) is 10.3 Å². The minimum absolute atomic E-state index is 0.0849. The fourth-order valence-electron chi connectivity index (χ4n) is 2.47. The monoisotopic (exact) mass is 272 g/mol. The van der Waals surface area contributed by atoms with Crippen LogP contribution >= 0.6 is 0 Å². The molecule has 104 valence electrons. The van der Waals surface area contributed by atoms with E-state index in [1.165, 1.54) is 0 Å². The first-order valence-electron chi connectivity index (χ1n) is 6.69. The number of phenolic OH excluding ortho intramolecular Hbond substituents is 1. The Morgan fingerprint density at radius 3 is 2.90 bits per heavy atom. The summed E-state index contributed by atoms with van der Waals surface area (Å²) in [5.74, 6) is 0.407. The average molecular weight is 272 g/mol. The van der Waals surface area contributed by atoms with Crippen LogP contribution in [0.15, 0.2) is 30.5 Å². The van der Waals surface area contributed by atoms with Gasteiger partial charge < -0.3 is 15.5 Å². The standard InChI is InChI=1S/C15H16N2O3/c18-11-4-3-9-5-6-16-15(12(9)7-11)17-13(8-14(19)20)10-1-2-10/h3-7,10,13,18H,1-2,8H2,(H,16,17)(H,19,20). The van der Waals surface area contributed by atoms with Gasteiger partial charge in [0.1, 0.15) is 11.6 Å². The van der Waals surface area contributed by atoms with E-state index in [0.717, 1.165) is 23.6 Å². The molecule has 1 fully saturated rings. The van der Waals surface area contributed by atoms with Gasteiger partial charge in [-0.05, 0) is 42.3 Å². The van der Waals surface area contributed by atoms with Crippen LogP contribution in [-0.2, 0) is 4.79 Å². The lowest BCUT2D eigenvalue weighted by Gasteiger charge is -2.18. The number of fused-ring (bicyclic) bond motifs is 1. The first-order valence-corrected chi connectivity index (χ1v) is 6.69. The molecule has 0 spiro atoms. The predicted molar refractivity (Wildman–Crippen MR) is 75.8 cm³/mol. The zero-order valence-corrected chi connectivity index (χ0v) is 10.9. The van der Waals surface area contributed by atoms with Gasteiger partial charge in [-0.1, -0.05) is 6.07 Å². The van der Waals surface area contributed by atoms with Gasteiger partial charge in [0.05, 0.1) is 6.42 Å². The molecule has 1 atom stereocenters. The van der Waals surface area contributed by atoms with E-state index in [0.29, 0.717) is 11.7 Å². The topological polar surface area (TPSA) is 82.5 Å². The Kier molecular flexibility index (Phi) is 3.18. The number of hydrogen-bond donors (Lipinski definition) is 3. The van der Waals surface area contributed by atoms with E-state index in [-0.39, 0.29) is 18.2 Å². The summed E-state index contributed by atoms with van der Waals surface area (Å²) < 4.78 is 0. The van der Waals surface area contributed by atoms with Gasteiger partial charge in [0.2, 0.25) is 0 Å². The van der Waals surface area contributed by atoms with Crippen molar-refractivity contribution in [3.63, 3.8) is 0 Å². The third kappa shape index (κ3) is 2.66. The molecule has 1 aromatic heterocycles. The lowest BCUT2D eigenvalue weighted by molar-refractivity contribution is -0.137. The molecule has 1 aliphatic carbocycles. The molecule has 3 rings (SSSR count). The third-order valence-corrected chi connectivity index (χ3v) is 3.66. The highest BCUT2D eigenvalue weighted by atomic mass is 16.4. The molecule has 1 saturated carbocycles. The highest BCUT2D eigenvalue weighted by Gasteiger charge is 2.33. The van der Waals surface area contributed by atoms with Gasteiger partial charge in [-0.2, -0.15) is 0 Å². The van der Waals surface area contributed by atoms with Gasteiger partial charge in [-0.15, -0.1) is 0 Å². The van der Waals surface area contributed by atoms with Crippen LogP contribution in [0.25, 0.3) is 10.8 Å². The molecule has 5 heteroatoms. The van der Waals surface area contributed by atoms with Crippen molar-refractivity contribution in [1.29, 1.82) is 0 Å². The second kappa shape index (κ2) is 5.00. The number of benzene rings is 1. The van der Waals surface area contributed by atoms with E-state index in [9.17, 15) is 9.90 Å². The molecule has 0 saturated heterocycles. The zero-order chi connectivity index (χ0) is 14.1. The van der Waals surface area contributed by atoms with Crippen molar-refractivity contribution in [3.8, 4) is 5.75 Å². The van der Waals surface area contributed by atoms with Crippen molar-refractivity contribution >= 4 is 22.6 Å². The lowest BCUT2D eigenvalue weighted by atomic mass is 10.1. The van der Waals surface area contributed by atoms with Crippen LogP contribution in [-0.4, -0.2) is 27.2 Å². The summed E-state index contributed by atoms with van der Waals surface area (Å²) in [6.07, 6.45) is 3.88. The number of aliphatic carboxylic acids is 1. The summed E-state index contributed by atoms with van der Waals surface area (Å²) in [4.78, 5) is 15.2. The Labute approximate surface area is 116 Å². The predicted octanol–water partition coefficient (Wildman–Crippen LogP) is 2.61. The summed E-state index contributed by atoms with van der Waals surface area (Å²) in [5.41, 5.74) is 0. The molecule has 1 aliphatic rings. The second-order valence-corrected chi connectivity index (χ2v) is 5.25. The van der Waals surface area contributed by atoms with Crippen LogP contribution in [0.2, 0.25) is 0 Å². The van der Waals surface area contributed by atoms with Gasteiger partial charge in [-0.3, -0.25) is 4.79 Å². The largest absolute Gasteiger partial charge is 0.508 e. The second-order valence-electron chi connectivity index (χ2n) is 5.25. The first-order chi connectivity index (χ1) is 9.63. The van der Waals surface area contributed by atoms with E-state index < -0.39 is 5.97 Å². The molecule has 0 amide bonds. The fraction of sp³-hybridized carbons (Fsp3) is 0.333. The number of hydrogen-bond acceptors (Lipinski definition) is 4. The number of carboxylic acid groups (broad SMARTS) is 1. The SMILES string of the molecule is O=C(O)CC(Nc1nccc2ccc(O)cc12)C1CC1. The number of carbonyl (C=O) groups is 1. The van der Waals surface area contributed by atoms with Crippen LogP contribution in [0.3, 0.4) is 0 Å². The summed E-state index contributed by atoms with van der Waals surface area (Å²) in [5, 5.41) is 23.6. The molecule has 3 N–H and O–H groups in total. The number of aromatic nitrogens is 1. The Bertz CT molecular complexity index is 653. The Morgan fingerprint density at radius 1 is 1.40 bits per heavy atom. The molecule has 0 aliphatic heterocycles. The molecule has 0 radical (unpaired) electrons. The molecule has 5 nitrogen and oxygen atoms in total. The van der Waals surface area contributed by atoms with Crippen molar-refractivity contribution in [3.05, 3.63) is 30.5 Å². The normalized spacial score (nSPS) is 16.0. The summed E-state index contributed by atoms with van der Waals surface area (Å²) in [6.45, 7) is 0. The fourth-order valence-corrected chi connectivity index (χ4v) is 2.47. The van der Waals surface area contributed by atoms with Crippen molar-refractivity contribution in [2.24, 2.45) is 5.92 Å². The van der Waals surface area contributed by atoms with Gasteiger partial charge in [0.25, 0.3) is 0 Å². The van der Waals surface area contributed by atoms with Crippen molar-refractivity contribution in [2.45, 2.75) is 25.3 Å². The first kappa shape index (κ1) is 12.7. The summed E-state index contributed by atoms with van der Waals surface area (Å²) >= 11 is 0. The number of carboxylic acids is 1. The highest BCUT2D eigenvalue weighted by molar-refractivity contribution is 5.92. The van der Waals surface area contributed by atoms with E-state index in [1.807, 2.05) is 12.1 Å². The van der Waals surface area contributed by atoms with Crippen molar-refractivity contribution < 1.29 is 15.0 Å². The number of aromatic hydroxyl groups is 1. The van der Waals surface area contributed by atoms with Gasteiger partial charge in [-0.25, -0.2) is 4.98 Å². The molecule has 2 aromatic rings. The van der Waals surface area contributed by atoms with E-state index >= 15 is 0 Å². The number of anilines is 1. The molecule has 1 unspecified atom stereocenters. The van der Waals surface area contributed by atoms with Crippen LogP contribution in [0.4, 0.5) is 5.82 Å². The lowest BCUT2D eigenvalue weighted by Crippen LogP contribution is -2.25. The van der Waals surface area contributed by atoms with Crippen molar-refractivity contribution in [2.75, 3.05) is 5.32 Å². The Morgan fingerprint density at radius 2 is 2.20 bits per heavy atom. The summed E-state index contributed by atoms with van der Waals surface area (Å²) in [6, 6.07) is 6.86. The molecular formula is C15H16N2O3. The molecular weight excluding hydrogens is 256 g/mol. The number of pyridine rings is 1. The number of phenols is 1. The molecule has 0 bridgehead atoms. The minimum atomic E-state index is -0.808. The molecule has 20 heavy (non-hydrogen) atoms. The number of nitrogens with zero attached hydrogens (tertiary/aromatic N) is 1. The van der Waals surface area contributed by atoms with E-state index in [1.54, 1.807) is 18.3 Å². The zero-order valence-electron chi connectivity index (χ0n) is 10.9. The molecule has 1 heterocycles. The van der Waals surface area contributed by atoms with Crippen molar-refractivity contribution in [1.82, 2.24) is 4.98 Å². The van der Waals surface area contributed by atoms with Gasteiger partial charge >= 0.3 is 5.97 Å². The third-order valence-electron chi connectivity index (χ3n) is 3.66. The maximum atomic E-state index is 10.9. The maximum absolute atomic E-state index is 10.9. The number of rotatable bonds is 5. The Hall–Kier alpha value is -2.30. The van der Waals surface area contributed by atoms with Crippen LogP contribution in [0.5, 0.6) is 5.75 Å². The number of nitrogens with one attached hydrogen (secondary N) is 1. The van der Waals surface area contributed by atoms with Crippen LogP contribution in [0.1, 0.15) is 19.3 Å². The molecule has 1 aromatic carbocycles. The smallest absolute Gasteiger partial charge is 0.305 e. The van der Waals surface area contributed by atoms with Gasteiger partial charge in [0, 0.05) is 17.6 Å². The van der Waals surface area contributed by atoms with E-state index in [4.69, 9.17) is 5.11 Å². The quantitative estimate of drug-likeness (QED) is 0.779. The highest BCUT2D eigenvalue weighted by Crippen LogP contribution is 2.36. The van der Waals surface area contributed by atoms with Crippen LogP contribution in [0, 0.1) is 5.92 Å². The average Bonchev–Trinajstić information content (AvgIpc) is 3.22. The Balaban J connectivity index is 1.92. The minimum Gasteiger partial charge on any atom is -0.508 e. The summed E-state index contributed by atoms with van der Waals surface area (Å²) in [7, 11) is 0.